The lowest BCUT2D eigenvalue weighted by Gasteiger charge is -2.10. The molecule has 0 aliphatic rings. The minimum Gasteiger partial charge on any atom is -0.492 e. The smallest absolute Gasteiger partial charge is 0.153 e. The van der Waals surface area contributed by atoms with E-state index in [1.54, 1.807) is 13.0 Å². The standard InChI is InChI=1S/C11H16BrNO3S/c1-2-17(14,15)6-5-16-11-4-3-10(12)7-9(11)8-13/h3-4,7H,2,5-6,8,13H2,1H3. The molecule has 6 heteroatoms. The minimum atomic E-state index is -2.98. The number of nitrogens with two attached hydrogens (primary N) is 1. The molecule has 0 fully saturated rings. The van der Waals surface area contributed by atoms with Gasteiger partial charge in [-0.2, -0.15) is 0 Å². The summed E-state index contributed by atoms with van der Waals surface area (Å²) in [6.07, 6.45) is 0. The first-order valence-corrected chi connectivity index (χ1v) is 7.91. The van der Waals surface area contributed by atoms with Gasteiger partial charge in [-0.15, -0.1) is 0 Å². The van der Waals surface area contributed by atoms with E-state index >= 15 is 0 Å². The van der Waals surface area contributed by atoms with Crippen LogP contribution in [0.25, 0.3) is 0 Å². The Hall–Kier alpha value is -0.590. The normalized spacial score (nSPS) is 11.5. The van der Waals surface area contributed by atoms with Crippen LogP contribution in [0.1, 0.15) is 12.5 Å². The van der Waals surface area contributed by atoms with Crippen molar-refractivity contribution in [1.82, 2.24) is 0 Å². The second-order valence-electron chi connectivity index (χ2n) is 3.54. The summed E-state index contributed by atoms with van der Waals surface area (Å²) >= 11 is 3.34. The Morgan fingerprint density at radius 3 is 2.71 bits per heavy atom. The van der Waals surface area contributed by atoms with Crippen molar-refractivity contribution < 1.29 is 13.2 Å². The number of hydrogen-bond donors (Lipinski definition) is 1. The van der Waals surface area contributed by atoms with Gasteiger partial charge in [0.1, 0.15) is 12.4 Å². The van der Waals surface area contributed by atoms with E-state index in [0.717, 1.165) is 10.0 Å². The lowest BCUT2D eigenvalue weighted by atomic mass is 10.2. The van der Waals surface area contributed by atoms with E-state index in [2.05, 4.69) is 15.9 Å². The lowest BCUT2D eigenvalue weighted by Crippen LogP contribution is -2.16. The van der Waals surface area contributed by atoms with Crippen LogP contribution < -0.4 is 10.5 Å². The Kier molecular flexibility index (Phi) is 5.42. The van der Waals surface area contributed by atoms with Crippen LogP contribution in [0.4, 0.5) is 0 Å². The third-order valence-electron chi connectivity index (χ3n) is 2.33. The summed E-state index contributed by atoms with van der Waals surface area (Å²) in [7, 11) is -2.98. The van der Waals surface area contributed by atoms with Gasteiger partial charge in [0.25, 0.3) is 0 Å². The molecule has 1 rings (SSSR count). The molecule has 4 nitrogen and oxygen atoms in total. The van der Waals surface area contributed by atoms with Crippen LogP contribution in [0.5, 0.6) is 5.75 Å². The molecule has 17 heavy (non-hydrogen) atoms. The molecule has 0 saturated heterocycles. The van der Waals surface area contributed by atoms with Gasteiger partial charge in [-0.1, -0.05) is 22.9 Å². The molecule has 0 atom stereocenters. The highest BCUT2D eigenvalue weighted by Gasteiger charge is 2.09. The lowest BCUT2D eigenvalue weighted by molar-refractivity contribution is 0.337. The third kappa shape index (κ3) is 4.65. The third-order valence-corrected chi connectivity index (χ3v) is 4.50. The summed E-state index contributed by atoms with van der Waals surface area (Å²) < 4.78 is 28.9. The second-order valence-corrected chi connectivity index (χ2v) is 6.93. The van der Waals surface area contributed by atoms with Crippen molar-refractivity contribution >= 4 is 25.8 Å². The van der Waals surface area contributed by atoms with E-state index in [4.69, 9.17) is 10.5 Å². The molecule has 0 heterocycles. The molecule has 0 bridgehead atoms. The van der Waals surface area contributed by atoms with Crippen molar-refractivity contribution in [2.75, 3.05) is 18.1 Å². The highest BCUT2D eigenvalue weighted by atomic mass is 79.9. The van der Waals surface area contributed by atoms with Crippen molar-refractivity contribution in [1.29, 1.82) is 0 Å². The topological polar surface area (TPSA) is 69.4 Å². The molecule has 2 N–H and O–H groups in total. The Morgan fingerprint density at radius 1 is 1.41 bits per heavy atom. The maximum atomic E-state index is 11.3. The Morgan fingerprint density at radius 2 is 2.12 bits per heavy atom. The first-order chi connectivity index (χ1) is 7.98. The predicted molar refractivity (Wildman–Crippen MR) is 71.9 cm³/mol. The summed E-state index contributed by atoms with van der Waals surface area (Å²) in [5.41, 5.74) is 6.44. The first-order valence-electron chi connectivity index (χ1n) is 5.30. The van der Waals surface area contributed by atoms with Gasteiger partial charge in [-0.05, 0) is 18.2 Å². The van der Waals surface area contributed by atoms with Gasteiger partial charge in [0.15, 0.2) is 9.84 Å². The summed E-state index contributed by atoms with van der Waals surface area (Å²) in [5.74, 6) is 0.811. The molecule has 0 radical (unpaired) electrons. The fourth-order valence-electron chi connectivity index (χ4n) is 1.27. The fourth-order valence-corrected chi connectivity index (χ4v) is 2.31. The van der Waals surface area contributed by atoms with Gasteiger partial charge in [-0.3, -0.25) is 0 Å². The second kappa shape index (κ2) is 6.37. The van der Waals surface area contributed by atoms with E-state index < -0.39 is 9.84 Å². The molecule has 0 aliphatic carbocycles. The van der Waals surface area contributed by atoms with E-state index in [9.17, 15) is 8.42 Å². The van der Waals surface area contributed by atoms with Crippen LogP contribution in [0, 0.1) is 0 Å². The van der Waals surface area contributed by atoms with Crippen molar-refractivity contribution in [2.24, 2.45) is 5.73 Å². The van der Waals surface area contributed by atoms with Crippen molar-refractivity contribution in [2.45, 2.75) is 13.5 Å². The summed E-state index contributed by atoms with van der Waals surface area (Å²) in [6, 6.07) is 5.48. The van der Waals surface area contributed by atoms with Crippen LogP contribution >= 0.6 is 15.9 Å². The van der Waals surface area contributed by atoms with Crippen LogP contribution in [0.15, 0.2) is 22.7 Å². The summed E-state index contributed by atoms with van der Waals surface area (Å²) in [4.78, 5) is 0. The van der Waals surface area contributed by atoms with Crippen molar-refractivity contribution in [3.05, 3.63) is 28.2 Å². The maximum Gasteiger partial charge on any atom is 0.153 e. The van der Waals surface area contributed by atoms with E-state index in [1.807, 2.05) is 12.1 Å². The molecule has 0 aliphatic heterocycles. The summed E-state index contributed by atoms with van der Waals surface area (Å²) in [5, 5.41) is 0. The van der Waals surface area contributed by atoms with Gasteiger partial charge >= 0.3 is 0 Å². The average molecular weight is 322 g/mol. The predicted octanol–water partition coefficient (Wildman–Crippen LogP) is 1.72. The molecule has 1 aromatic rings. The number of rotatable bonds is 6. The highest BCUT2D eigenvalue weighted by Crippen LogP contribution is 2.22. The molecular formula is C11H16BrNO3S. The molecule has 0 spiro atoms. The van der Waals surface area contributed by atoms with Gasteiger partial charge in [0, 0.05) is 22.3 Å². The SMILES string of the molecule is CCS(=O)(=O)CCOc1ccc(Br)cc1CN. The van der Waals surface area contributed by atoms with Crippen molar-refractivity contribution in [3.63, 3.8) is 0 Å². The molecule has 96 valence electrons. The maximum absolute atomic E-state index is 11.3. The quantitative estimate of drug-likeness (QED) is 0.866. The largest absolute Gasteiger partial charge is 0.492 e. The van der Waals surface area contributed by atoms with Crippen LogP contribution in [0.2, 0.25) is 0 Å². The minimum absolute atomic E-state index is 0.0313. The van der Waals surface area contributed by atoms with E-state index in [1.165, 1.54) is 0 Å². The van der Waals surface area contributed by atoms with Crippen molar-refractivity contribution in [3.8, 4) is 5.75 Å². The number of hydrogen-bond acceptors (Lipinski definition) is 4. The zero-order valence-electron chi connectivity index (χ0n) is 9.65. The average Bonchev–Trinajstić information content (AvgIpc) is 2.30. The Bertz CT molecular complexity index is 474. The van der Waals surface area contributed by atoms with Crippen LogP contribution in [0.3, 0.4) is 0 Å². The summed E-state index contributed by atoms with van der Waals surface area (Å²) in [6.45, 7) is 2.14. The molecule has 0 unspecified atom stereocenters. The van der Waals surface area contributed by atoms with E-state index in [0.29, 0.717) is 12.3 Å². The number of ether oxygens (including phenoxy) is 1. The molecular weight excluding hydrogens is 306 g/mol. The van der Waals surface area contributed by atoms with Crippen LogP contribution in [-0.4, -0.2) is 26.5 Å². The molecule has 0 amide bonds. The number of halogens is 1. The number of benzene rings is 1. The van der Waals surface area contributed by atoms with Crippen LogP contribution in [-0.2, 0) is 16.4 Å². The number of sulfone groups is 1. The van der Waals surface area contributed by atoms with E-state index in [-0.39, 0.29) is 18.1 Å². The Balaban J connectivity index is 2.64. The molecule has 0 saturated carbocycles. The van der Waals surface area contributed by atoms with Gasteiger partial charge < -0.3 is 10.5 Å². The highest BCUT2D eigenvalue weighted by molar-refractivity contribution is 9.10. The molecule has 0 aromatic heterocycles. The monoisotopic (exact) mass is 321 g/mol. The van der Waals surface area contributed by atoms with Gasteiger partial charge in [0.05, 0.1) is 5.75 Å². The van der Waals surface area contributed by atoms with Gasteiger partial charge in [-0.25, -0.2) is 8.42 Å². The zero-order valence-corrected chi connectivity index (χ0v) is 12.1. The zero-order chi connectivity index (χ0) is 12.9. The fraction of sp³-hybridized carbons (Fsp3) is 0.455. The Labute approximate surface area is 110 Å². The molecule has 1 aromatic carbocycles. The first kappa shape index (κ1) is 14.5. The van der Waals surface area contributed by atoms with Gasteiger partial charge in [0.2, 0.25) is 0 Å².